The summed E-state index contributed by atoms with van der Waals surface area (Å²) < 4.78 is 10.1. The van der Waals surface area contributed by atoms with Gasteiger partial charge in [0.05, 0.1) is 19.4 Å². The molecule has 110 valence electrons. The molecular weight excluding hydrogens is 264 g/mol. The van der Waals surface area contributed by atoms with E-state index in [1.54, 1.807) is 6.07 Å². The van der Waals surface area contributed by atoms with Crippen molar-refractivity contribution in [3.8, 4) is 0 Å². The molecule has 20 heavy (non-hydrogen) atoms. The van der Waals surface area contributed by atoms with E-state index in [0.717, 1.165) is 0 Å². The fourth-order valence-corrected chi connectivity index (χ4v) is 1.93. The van der Waals surface area contributed by atoms with Crippen molar-refractivity contribution in [2.24, 2.45) is 0 Å². The summed E-state index contributed by atoms with van der Waals surface area (Å²) in [6, 6.07) is 3.14. The van der Waals surface area contributed by atoms with Crippen molar-refractivity contribution >= 4 is 11.8 Å². The van der Waals surface area contributed by atoms with E-state index in [9.17, 15) is 14.7 Å². The molecule has 1 saturated heterocycles. The standard InChI is InChI=1S/C13H18N2O5/c1-15(12(17)10-3-2-5-20-10)7-11(16)14-8-13(18)4-6-19-9-13/h2-3,5,18H,4,6-9H2,1H3,(H,14,16). The Kier molecular flexibility index (Phi) is 4.41. The lowest BCUT2D eigenvalue weighted by Gasteiger charge is -2.22. The molecule has 0 radical (unpaired) electrons. The Labute approximate surface area is 116 Å². The van der Waals surface area contributed by atoms with Gasteiger partial charge in [-0.3, -0.25) is 9.59 Å². The third-order valence-corrected chi connectivity index (χ3v) is 3.16. The minimum Gasteiger partial charge on any atom is -0.459 e. The van der Waals surface area contributed by atoms with Crippen molar-refractivity contribution in [2.45, 2.75) is 12.0 Å². The van der Waals surface area contributed by atoms with E-state index in [-0.39, 0.29) is 37.3 Å². The van der Waals surface area contributed by atoms with Gasteiger partial charge in [0.25, 0.3) is 5.91 Å². The second-order valence-corrected chi connectivity index (χ2v) is 4.94. The number of ether oxygens (including phenoxy) is 1. The molecule has 1 fully saturated rings. The zero-order chi connectivity index (χ0) is 14.6. The third kappa shape index (κ3) is 3.58. The Bertz CT molecular complexity index is 465. The van der Waals surface area contributed by atoms with Crippen LogP contribution in [0, 0.1) is 0 Å². The van der Waals surface area contributed by atoms with Crippen LogP contribution in [-0.4, -0.2) is 60.8 Å². The summed E-state index contributed by atoms with van der Waals surface area (Å²) in [5.41, 5.74) is -1.00. The fraction of sp³-hybridized carbons (Fsp3) is 0.538. The number of nitrogens with zero attached hydrogens (tertiary/aromatic N) is 1. The largest absolute Gasteiger partial charge is 0.459 e. The highest BCUT2D eigenvalue weighted by atomic mass is 16.5. The van der Waals surface area contributed by atoms with Gasteiger partial charge in [0, 0.05) is 26.6 Å². The van der Waals surface area contributed by atoms with Gasteiger partial charge in [-0.1, -0.05) is 0 Å². The summed E-state index contributed by atoms with van der Waals surface area (Å²) >= 11 is 0. The smallest absolute Gasteiger partial charge is 0.289 e. The molecule has 1 aromatic heterocycles. The van der Waals surface area contributed by atoms with Crippen LogP contribution in [0.4, 0.5) is 0 Å². The lowest BCUT2D eigenvalue weighted by molar-refractivity contribution is -0.122. The lowest BCUT2D eigenvalue weighted by Crippen LogP contribution is -2.46. The molecule has 1 aromatic rings. The van der Waals surface area contributed by atoms with Crippen LogP contribution in [0.25, 0.3) is 0 Å². The van der Waals surface area contributed by atoms with Crippen LogP contribution in [0.5, 0.6) is 0 Å². The van der Waals surface area contributed by atoms with Crippen LogP contribution in [0.2, 0.25) is 0 Å². The van der Waals surface area contributed by atoms with Crippen LogP contribution >= 0.6 is 0 Å². The molecule has 1 unspecified atom stereocenters. The maximum atomic E-state index is 11.8. The van der Waals surface area contributed by atoms with Gasteiger partial charge in [0.1, 0.15) is 5.60 Å². The maximum absolute atomic E-state index is 11.8. The summed E-state index contributed by atoms with van der Waals surface area (Å²) in [4.78, 5) is 24.8. The molecule has 0 aromatic carbocycles. The molecule has 7 heteroatoms. The van der Waals surface area contributed by atoms with Crippen LogP contribution < -0.4 is 5.32 Å². The fourth-order valence-electron chi connectivity index (χ4n) is 1.93. The summed E-state index contributed by atoms with van der Waals surface area (Å²) in [6.07, 6.45) is 1.89. The highest BCUT2D eigenvalue weighted by Gasteiger charge is 2.32. The van der Waals surface area contributed by atoms with E-state index >= 15 is 0 Å². The lowest BCUT2D eigenvalue weighted by atomic mass is 10.0. The molecule has 2 rings (SSSR count). The van der Waals surface area contributed by atoms with Crippen molar-refractivity contribution in [3.63, 3.8) is 0 Å². The summed E-state index contributed by atoms with van der Waals surface area (Å²) in [5.74, 6) is -0.524. The predicted octanol–water partition coefficient (Wildman–Crippen LogP) is -0.381. The van der Waals surface area contributed by atoms with Crippen molar-refractivity contribution in [1.29, 1.82) is 0 Å². The molecule has 1 atom stereocenters. The van der Waals surface area contributed by atoms with Crippen LogP contribution in [-0.2, 0) is 9.53 Å². The van der Waals surface area contributed by atoms with Crippen LogP contribution in [0.15, 0.2) is 22.8 Å². The van der Waals surface area contributed by atoms with E-state index in [2.05, 4.69) is 5.32 Å². The van der Waals surface area contributed by atoms with Gasteiger partial charge in [-0.2, -0.15) is 0 Å². The number of likely N-dealkylation sites (N-methyl/N-ethyl adjacent to an activating group) is 1. The molecule has 0 bridgehead atoms. The average molecular weight is 282 g/mol. The van der Waals surface area contributed by atoms with Crippen molar-refractivity contribution in [1.82, 2.24) is 10.2 Å². The van der Waals surface area contributed by atoms with E-state index in [1.165, 1.54) is 24.3 Å². The van der Waals surface area contributed by atoms with Gasteiger partial charge in [0.15, 0.2) is 5.76 Å². The zero-order valence-electron chi connectivity index (χ0n) is 11.3. The Morgan fingerprint density at radius 1 is 1.55 bits per heavy atom. The second kappa shape index (κ2) is 6.06. The summed E-state index contributed by atoms with van der Waals surface area (Å²) in [5, 5.41) is 12.6. The molecular formula is C13H18N2O5. The number of aliphatic hydroxyl groups is 1. The molecule has 1 aliphatic rings. The first kappa shape index (κ1) is 14.5. The maximum Gasteiger partial charge on any atom is 0.289 e. The van der Waals surface area contributed by atoms with Crippen molar-refractivity contribution < 1.29 is 23.8 Å². The van der Waals surface area contributed by atoms with Gasteiger partial charge < -0.3 is 24.5 Å². The van der Waals surface area contributed by atoms with E-state index in [1.807, 2.05) is 0 Å². The molecule has 0 saturated carbocycles. The quantitative estimate of drug-likeness (QED) is 0.768. The Balaban J connectivity index is 1.78. The highest BCUT2D eigenvalue weighted by Crippen LogP contribution is 2.16. The number of hydrogen-bond donors (Lipinski definition) is 2. The predicted molar refractivity (Wildman–Crippen MR) is 69.1 cm³/mol. The summed E-state index contributed by atoms with van der Waals surface area (Å²) in [7, 11) is 1.51. The number of carbonyl (C=O) groups is 2. The van der Waals surface area contributed by atoms with Gasteiger partial charge >= 0.3 is 0 Å². The topological polar surface area (TPSA) is 92.0 Å². The van der Waals surface area contributed by atoms with Gasteiger partial charge in [-0.05, 0) is 12.1 Å². The van der Waals surface area contributed by atoms with Crippen LogP contribution in [0.1, 0.15) is 17.0 Å². The zero-order valence-corrected chi connectivity index (χ0v) is 11.3. The van der Waals surface area contributed by atoms with E-state index in [4.69, 9.17) is 9.15 Å². The minimum atomic E-state index is -1.00. The first-order valence-electron chi connectivity index (χ1n) is 6.36. The minimum absolute atomic E-state index is 0.101. The number of furan rings is 1. The molecule has 1 aliphatic heterocycles. The second-order valence-electron chi connectivity index (χ2n) is 4.94. The van der Waals surface area contributed by atoms with Crippen LogP contribution in [0.3, 0.4) is 0 Å². The normalized spacial score (nSPS) is 21.7. The Morgan fingerprint density at radius 2 is 2.35 bits per heavy atom. The molecule has 2 amide bonds. The number of amides is 2. The summed E-state index contributed by atoms with van der Waals surface area (Å²) in [6.45, 7) is 0.725. The molecule has 7 nitrogen and oxygen atoms in total. The average Bonchev–Trinajstić information content (AvgIpc) is 3.07. The first-order chi connectivity index (χ1) is 9.50. The Hall–Kier alpha value is -1.86. The van der Waals surface area contributed by atoms with Gasteiger partial charge in [0.2, 0.25) is 5.91 Å². The number of rotatable bonds is 5. The van der Waals surface area contributed by atoms with Gasteiger partial charge in [-0.15, -0.1) is 0 Å². The Morgan fingerprint density at radius 3 is 2.95 bits per heavy atom. The molecule has 0 spiro atoms. The number of nitrogens with one attached hydrogen (secondary N) is 1. The monoisotopic (exact) mass is 282 g/mol. The first-order valence-corrected chi connectivity index (χ1v) is 6.36. The van der Waals surface area contributed by atoms with Gasteiger partial charge in [-0.25, -0.2) is 0 Å². The van der Waals surface area contributed by atoms with E-state index in [0.29, 0.717) is 13.0 Å². The third-order valence-electron chi connectivity index (χ3n) is 3.16. The van der Waals surface area contributed by atoms with Crippen molar-refractivity contribution in [3.05, 3.63) is 24.2 Å². The SMILES string of the molecule is CN(CC(=O)NCC1(O)CCOC1)C(=O)c1ccco1. The molecule has 0 aliphatic carbocycles. The number of carbonyl (C=O) groups excluding carboxylic acids is 2. The molecule has 2 N–H and O–H groups in total. The van der Waals surface area contributed by atoms with E-state index < -0.39 is 5.60 Å². The van der Waals surface area contributed by atoms with Crippen molar-refractivity contribution in [2.75, 3.05) is 33.4 Å². The molecule has 2 heterocycles. The highest BCUT2D eigenvalue weighted by molar-refractivity contribution is 5.94. The number of hydrogen-bond acceptors (Lipinski definition) is 5.